The lowest BCUT2D eigenvalue weighted by Gasteiger charge is -2.25. The van der Waals surface area contributed by atoms with E-state index in [9.17, 15) is 14.3 Å². The first-order chi connectivity index (χ1) is 14.3. The molecular formula is C23H24FN3O3. The molecule has 0 spiro atoms. The van der Waals surface area contributed by atoms with Crippen molar-refractivity contribution in [2.75, 3.05) is 29.9 Å². The summed E-state index contributed by atoms with van der Waals surface area (Å²) in [7, 11) is 0. The molecule has 6 nitrogen and oxygen atoms in total. The number of ether oxygens (including phenoxy) is 1. The molecule has 0 bridgehead atoms. The molecule has 1 aromatic heterocycles. The third-order valence-electron chi connectivity index (χ3n) is 5.39. The van der Waals surface area contributed by atoms with Crippen molar-refractivity contribution in [2.24, 2.45) is 0 Å². The van der Waals surface area contributed by atoms with Crippen LogP contribution in [-0.4, -0.2) is 41.3 Å². The van der Waals surface area contributed by atoms with Gasteiger partial charge in [0, 0.05) is 30.4 Å². The van der Waals surface area contributed by atoms with Crippen LogP contribution in [0.15, 0.2) is 48.4 Å². The summed E-state index contributed by atoms with van der Waals surface area (Å²) >= 11 is 0. The maximum atomic E-state index is 13.6. The smallest absolute Gasteiger partial charge is 0.260 e. The number of benzene rings is 1. The van der Waals surface area contributed by atoms with Gasteiger partial charge in [-0.2, -0.15) is 0 Å². The minimum atomic E-state index is -0.669. The highest BCUT2D eigenvalue weighted by atomic mass is 19.1. The Labute approximate surface area is 174 Å². The van der Waals surface area contributed by atoms with Gasteiger partial charge in [-0.15, -0.1) is 0 Å². The number of hydrogen-bond acceptors (Lipinski definition) is 5. The molecular weight excluding hydrogens is 385 g/mol. The van der Waals surface area contributed by atoms with Gasteiger partial charge in [0.2, 0.25) is 0 Å². The summed E-state index contributed by atoms with van der Waals surface area (Å²) in [6.07, 6.45) is 3.60. The van der Waals surface area contributed by atoms with Crippen LogP contribution in [0.1, 0.15) is 31.9 Å². The average Bonchev–Trinajstić information content (AvgIpc) is 3.20. The van der Waals surface area contributed by atoms with Crippen LogP contribution < -0.4 is 10.2 Å². The molecule has 2 aliphatic heterocycles. The van der Waals surface area contributed by atoms with E-state index < -0.39 is 11.4 Å². The Bertz CT molecular complexity index is 1080. The van der Waals surface area contributed by atoms with Crippen LogP contribution in [0.25, 0.3) is 11.1 Å². The molecule has 7 heteroatoms. The number of halogens is 1. The number of aliphatic hydroxyl groups is 1. The second kappa shape index (κ2) is 7.57. The third-order valence-corrected chi connectivity index (χ3v) is 5.39. The fraction of sp³-hybridized carbons (Fsp3) is 0.304. The lowest BCUT2D eigenvalue weighted by molar-refractivity contribution is -0.111. The molecule has 0 unspecified atom stereocenters. The Hall–Kier alpha value is -3.19. The van der Waals surface area contributed by atoms with Crippen LogP contribution in [0.5, 0.6) is 0 Å². The normalized spacial score (nSPS) is 19.2. The maximum Gasteiger partial charge on any atom is 0.260 e. The van der Waals surface area contributed by atoms with Crippen LogP contribution in [0.3, 0.4) is 0 Å². The van der Waals surface area contributed by atoms with E-state index in [2.05, 4.69) is 10.3 Å². The monoisotopic (exact) mass is 409 g/mol. The molecule has 2 aromatic rings. The molecule has 4 rings (SSSR count). The quantitative estimate of drug-likeness (QED) is 0.739. The molecule has 0 saturated carbocycles. The number of anilines is 2. The molecule has 0 saturated heterocycles. The Morgan fingerprint density at radius 1 is 1.27 bits per heavy atom. The summed E-state index contributed by atoms with van der Waals surface area (Å²) in [5, 5.41) is 12.0. The zero-order chi connectivity index (χ0) is 21.5. The van der Waals surface area contributed by atoms with Crippen LogP contribution in [0, 0.1) is 5.82 Å². The van der Waals surface area contributed by atoms with Crippen LogP contribution in [0.4, 0.5) is 15.9 Å². The van der Waals surface area contributed by atoms with E-state index in [-0.39, 0.29) is 12.5 Å². The average molecular weight is 409 g/mol. The van der Waals surface area contributed by atoms with Gasteiger partial charge in [-0.05, 0) is 62.7 Å². The summed E-state index contributed by atoms with van der Waals surface area (Å²) in [5.41, 5.74) is 2.64. The number of nitrogens with one attached hydrogen (secondary N) is 1. The van der Waals surface area contributed by atoms with Crippen molar-refractivity contribution in [1.29, 1.82) is 0 Å². The van der Waals surface area contributed by atoms with Gasteiger partial charge < -0.3 is 20.1 Å². The second-order valence-corrected chi connectivity index (χ2v) is 7.76. The molecule has 1 aromatic carbocycles. The molecule has 2 N–H and O–H groups in total. The molecule has 0 aliphatic carbocycles. The minimum Gasteiger partial charge on any atom is -0.482 e. The number of nitrogens with zero attached hydrogens (tertiary/aromatic N) is 2. The number of hydrogen-bond donors (Lipinski definition) is 2. The molecule has 3 heterocycles. The van der Waals surface area contributed by atoms with Gasteiger partial charge in [0.05, 0.1) is 17.9 Å². The maximum absolute atomic E-state index is 13.6. The fourth-order valence-electron chi connectivity index (χ4n) is 3.92. The Morgan fingerprint density at radius 3 is 2.80 bits per heavy atom. The van der Waals surface area contributed by atoms with Gasteiger partial charge in [-0.25, -0.2) is 9.37 Å². The summed E-state index contributed by atoms with van der Waals surface area (Å²) in [4.78, 5) is 19.0. The van der Waals surface area contributed by atoms with Crippen molar-refractivity contribution in [3.8, 4) is 0 Å². The van der Waals surface area contributed by atoms with Crippen molar-refractivity contribution in [3.05, 3.63) is 65.3 Å². The number of pyridine rings is 1. The summed E-state index contributed by atoms with van der Waals surface area (Å²) < 4.78 is 19.7. The predicted molar refractivity (Wildman–Crippen MR) is 114 cm³/mol. The number of carbonyl (C=O) groups excluding carboxylic acids is 1. The molecule has 30 heavy (non-hydrogen) atoms. The number of aliphatic hydroxyl groups excluding tert-OH is 1. The second-order valence-electron chi connectivity index (χ2n) is 7.76. The van der Waals surface area contributed by atoms with E-state index in [0.717, 1.165) is 23.5 Å². The summed E-state index contributed by atoms with van der Waals surface area (Å²) in [6, 6.07) is 8.09. The van der Waals surface area contributed by atoms with Crippen LogP contribution in [-0.2, 0) is 9.53 Å². The van der Waals surface area contributed by atoms with E-state index in [1.807, 2.05) is 43.9 Å². The number of rotatable bonds is 5. The number of likely N-dealkylation sites (N-methyl/N-ethyl adjacent to an activating group) is 1. The molecule has 2 aliphatic rings. The highest BCUT2D eigenvalue weighted by Crippen LogP contribution is 2.44. The topological polar surface area (TPSA) is 74.7 Å². The Balaban J connectivity index is 1.78. The number of fused-ring (bicyclic) bond motifs is 1. The first-order valence-electron chi connectivity index (χ1n) is 9.93. The Kier molecular flexibility index (Phi) is 5.07. The van der Waals surface area contributed by atoms with Crippen LogP contribution >= 0.6 is 0 Å². The minimum absolute atomic E-state index is 0.0441. The molecule has 0 atom stereocenters. The van der Waals surface area contributed by atoms with E-state index >= 15 is 0 Å². The summed E-state index contributed by atoms with van der Waals surface area (Å²) in [6.45, 7) is 7.15. The van der Waals surface area contributed by atoms with Gasteiger partial charge in [0.15, 0.2) is 0 Å². The lowest BCUT2D eigenvalue weighted by Crippen LogP contribution is -2.27. The van der Waals surface area contributed by atoms with Gasteiger partial charge >= 0.3 is 0 Å². The van der Waals surface area contributed by atoms with Gasteiger partial charge in [-0.3, -0.25) is 4.79 Å². The van der Waals surface area contributed by atoms with Gasteiger partial charge in [0.1, 0.15) is 23.0 Å². The highest BCUT2D eigenvalue weighted by Gasteiger charge is 2.38. The van der Waals surface area contributed by atoms with Crippen molar-refractivity contribution in [3.63, 3.8) is 0 Å². The van der Waals surface area contributed by atoms with E-state index in [0.29, 0.717) is 29.1 Å². The van der Waals surface area contributed by atoms with E-state index in [1.54, 1.807) is 12.3 Å². The number of allylic oxidation sites excluding steroid dienone is 1. The largest absolute Gasteiger partial charge is 0.482 e. The zero-order valence-electron chi connectivity index (χ0n) is 17.2. The van der Waals surface area contributed by atoms with Gasteiger partial charge in [-0.1, -0.05) is 0 Å². The first-order valence-corrected chi connectivity index (χ1v) is 9.93. The third kappa shape index (κ3) is 3.45. The van der Waals surface area contributed by atoms with E-state index in [4.69, 9.17) is 4.74 Å². The number of carbonyl (C=O) groups is 1. The molecule has 0 fully saturated rings. The molecule has 0 radical (unpaired) electrons. The number of aromatic nitrogens is 1. The lowest BCUT2D eigenvalue weighted by atomic mass is 9.92. The fourth-order valence-corrected chi connectivity index (χ4v) is 3.92. The standard InChI is InChI=1S/C23H24FN3O3/c1-4-27(9-10-28)20-11-14(7-8-25-20)17-13-19(30-23(17,2)3)21-16-6-5-15(24)12-18(16)26-22(21)29/h5-8,11-13,28H,4,9-10H2,1-3H3,(H,26,29). The predicted octanol–water partition coefficient (Wildman–Crippen LogP) is 3.59. The van der Waals surface area contributed by atoms with E-state index in [1.165, 1.54) is 12.1 Å². The van der Waals surface area contributed by atoms with Crippen molar-refractivity contribution < 1.29 is 19.0 Å². The van der Waals surface area contributed by atoms with Gasteiger partial charge in [0.25, 0.3) is 5.91 Å². The number of amides is 1. The zero-order valence-corrected chi connectivity index (χ0v) is 17.2. The first kappa shape index (κ1) is 20.1. The molecule has 1 amide bonds. The van der Waals surface area contributed by atoms with Crippen molar-refractivity contribution in [1.82, 2.24) is 4.98 Å². The van der Waals surface area contributed by atoms with Crippen molar-refractivity contribution >= 4 is 28.6 Å². The molecule has 156 valence electrons. The van der Waals surface area contributed by atoms with Crippen LogP contribution in [0.2, 0.25) is 0 Å². The highest BCUT2D eigenvalue weighted by molar-refractivity contribution is 6.32. The summed E-state index contributed by atoms with van der Waals surface area (Å²) in [5.74, 6) is 0.506. The SMILES string of the molecule is CCN(CCO)c1cc(C2=CC(=C3C(=O)Nc4cc(F)ccc43)OC2(C)C)ccn1. The van der Waals surface area contributed by atoms with Crippen molar-refractivity contribution in [2.45, 2.75) is 26.4 Å². The Morgan fingerprint density at radius 2 is 2.07 bits per heavy atom.